The highest BCUT2D eigenvalue weighted by Crippen LogP contribution is 2.28. The third-order valence-corrected chi connectivity index (χ3v) is 4.50. The Bertz CT molecular complexity index is 1090. The number of rotatable bonds is 4. The molecule has 130 valence electrons. The maximum absolute atomic E-state index is 12.4. The van der Waals surface area contributed by atoms with Gasteiger partial charge < -0.3 is 14.8 Å². The van der Waals surface area contributed by atoms with Crippen LogP contribution in [0.3, 0.4) is 0 Å². The van der Waals surface area contributed by atoms with Crippen LogP contribution in [0.4, 0.5) is 5.69 Å². The number of hydrogen-bond donors (Lipinski definition) is 2. The number of carbonyl (C=O) groups is 1. The van der Waals surface area contributed by atoms with E-state index in [1.165, 1.54) is 0 Å². The van der Waals surface area contributed by atoms with Gasteiger partial charge in [0, 0.05) is 16.6 Å². The van der Waals surface area contributed by atoms with Crippen LogP contribution < -0.4 is 5.32 Å². The smallest absolute Gasteiger partial charge is 0.232 e. The number of anilines is 1. The minimum absolute atomic E-state index is 0.136. The van der Waals surface area contributed by atoms with Crippen LogP contribution in [0.2, 0.25) is 0 Å². The Kier molecular flexibility index (Phi) is 4.19. The third kappa shape index (κ3) is 3.07. The van der Waals surface area contributed by atoms with Crippen LogP contribution in [0.5, 0.6) is 0 Å². The van der Waals surface area contributed by atoms with Gasteiger partial charge in [-0.1, -0.05) is 48.5 Å². The Morgan fingerprint density at radius 3 is 2.65 bits per heavy atom. The number of hydrogen-bond acceptors (Lipinski definition) is 3. The Hall–Kier alpha value is -3.11. The predicted molar refractivity (Wildman–Crippen MR) is 103 cm³/mol. The Morgan fingerprint density at radius 2 is 1.81 bits per heavy atom. The van der Waals surface area contributed by atoms with Crippen LogP contribution in [0.15, 0.2) is 71.1 Å². The van der Waals surface area contributed by atoms with Gasteiger partial charge in [0.2, 0.25) is 5.91 Å². The fraction of sp³-hybridized carbons (Fsp3) is 0.136. The normalized spacial score (nSPS) is 12.4. The fourth-order valence-corrected chi connectivity index (χ4v) is 3.26. The number of carbonyl (C=O) groups excluding carboxylic acids is 1. The first-order chi connectivity index (χ1) is 12.6. The van der Waals surface area contributed by atoms with Gasteiger partial charge in [-0.15, -0.1) is 0 Å². The Labute approximate surface area is 151 Å². The predicted octanol–water partition coefficient (Wildman–Crippen LogP) is 4.82. The number of aliphatic hydroxyl groups is 1. The molecule has 1 aromatic heterocycles. The van der Waals surface area contributed by atoms with E-state index in [1.807, 2.05) is 42.5 Å². The minimum Gasteiger partial charge on any atom is -0.461 e. The molecule has 4 aromatic rings. The standard InChI is InChI=1S/C22H19NO3/c1-14(24)17-7-4-5-9-20(17)23-22(25)13-16-12-19-18-8-3-2-6-15(18)10-11-21(19)26-16/h2-12,14,24H,13H2,1H3,(H,23,25). The first-order valence-electron chi connectivity index (χ1n) is 8.59. The van der Waals surface area contributed by atoms with E-state index < -0.39 is 6.10 Å². The van der Waals surface area contributed by atoms with Crippen molar-refractivity contribution in [1.82, 2.24) is 0 Å². The monoisotopic (exact) mass is 345 g/mol. The zero-order valence-corrected chi connectivity index (χ0v) is 14.4. The molecule has 26 heavy (non-hydrogen) atoms. The van der Waals surface area contributed by atoms with Gasteiger partial charge >= 0.3 is 0 Å². The van der Waals surface area contributed by atoms with Crippen molar-refractivity contribution in [3.63, 3.8) is 0 Å². The highest BCUT2D eigenvalue weighted by Gasteiger charge is 2.13. The molecule has 3 aromatic carbocycles. The maximum Gasteiger partial charge on any atom is 0.232 e. The van der Waals surface area contributed by atoms with Crippen molar-refractivity contribution in [3.8, 4) is 0 Å². The van der Waals surface area contributed by atoms with E-state index in [-0.39, 0.29) is 12.3 Å². The highest BCUT2D eigenvalue weighted by molar-refractivity contribution is 6.06. The summed E-state index contributed by atoms with van der Waals surface area (Å²) in [5, 5.41) is 16.0. The third-order valence-electron chi connectivity index (χ3n) is 4.50. The Morgan fingerprint density at radius 1 is 1.04 bits per heavy atom. The highest BCUT2D eigenvalue weighted by atomic mass is 16.3. The van der Waals surface area contributed by atoms with Crippen molar-refractivity contribution in [1.29, 1.82) is 0 Å². The van der Waals surface area contributed by atoms with E-state index in [1.54, 1.807) is 19.1 Å². The summed E-state index contributed by atoms with van der Waals surface area (Å²) in [6, 6.07) is 21.2. The molecule has 0 bridgehead atoms. The number of furan rings is 1. The number of nitrogens with one attached hydrogen (secondary N) is 1. The van der Waals surface area contributed by atoms with Crippen molar-refractivity contribution < 1.29 is 14.3 Å². The van der Waals surface area contributed by atoms with Gasteiger partial charge in [-0.25, -0.2) is 0 Å². The van der Waals surface area contributed by atoms with E-state index in [9.17, 15) is 9.90 Å². The van der Waals surface area contributed by atoms with Crippen LogP contribution in [0, 0.1) is 0 Å². The lowest BCUT2D eigenvalue weighted by molar-refractivity contribution is -0.115. The molecular formula is C22H19NO3. The lowest BCUT2D eigenvalue weighted by Gasteiger charge is -2.12. The SMILES string of the molecule is CC(O)c1ccccc1NC(=O)Cc1cc2c(ccc3ccccc32)o1. The first kappa shape index (κ1) is 16.4. The Balaban J connectivity index is 1.59. The largest absolute Gasteiger partial charge is 0.461 e. The van der Waals surface area contributed by atoms with E-state index in [0.717, 1.165) is 21.7 Å². The number of amides is 1. The molecule has 0 fully saturated rings. The summed E-state index contributed by atoms with van der Waals surface area (Å²) in [4.78, 5) is 12.4. The molecule has 0 radical (unpaired) electrons. The van der Waals surface area contributed by atoms with Crippen molar-refractivity contribution in [3.05, 3.63) is 78.1 Å². The van der Waals surface area contributed by atoms with Crippen LogP contribution in [-0.2, 0) is 11.2 Å². The summed E-state index contributed by atoms with van der Waals surface area (Å²) in [5.41, 5.74) is 2.08. The van der Waals surface area contributed by atoms with Gasteiger partial charge in [0.05, 0.1) is 12.5 Å². The van der Waals surface area contributed by atoms with Crippen LogP contribution in [0.1, 0.15) is 24.4 Å². The molecule has 0 saturated carbocycles. The lowest BCUT2D eigenvalue weighted by atomic mass is 10.1. The second-order valence-electron chi connectivity index (χ2n) is 6.40. The quantitative estimate of drug-likeness (QED) is 0.557. The molecule has 0 saturated heterocycles. The fourth-order valence-electron chi connectivity index (χ4n) is 3.26. The van der Waals surface area contributed by atoms with Gasteiger partial charge in [0.15, 0.2) is 0 Å². The van der Waals surface area contributed by atoms with E-state index in [2.05, 4.69) is 17.4 Å². The van der Waals surface area contributed by atoms with E-state index in [0.29, 0.717) is 17.0 Å². The molecule has 0 aliphatic carbocycles. The molecule has 4 rings (SSSR count). The summed E-state index contributed by atoms with van der Waals surface area (Å²) in [7, 11) is 0. The lowest BCUT2D eigenvalue weighted by Crippen LogP contribution is -2.15. The number of fused-ring (bicyclic) bond motifs is 3. The second kappa shape index (κ2) is 6.65. The van der Waals surface area contributed by atoms with Gasteiger partial charge in [-0.2, -0.15) is 0 Å². The maximum atomic E-state index is 12.4. The average Bonchev–Trinajstić information content (AvgIpc) is 3.04. The zero-order chi connectivity index (χ0) is 18.1. The van der Waals surface area contributed by atoms with Gasteiger partial charge in [-0.05, 0) is 35.9 Å². The van der Waals surface area contributed by atoms with E-state index >= 15 is 0 Å². The minimum atomic E-state index is -0.649. The van der Waals surface area contributed by atoms with E-state index in [4.69, 9.17) is 4.42 Å². The molecule has 4 nitrogen and oxygen atoms in total. The molecule has 0 aliphatic rings. The second-order valence-corrected chi connectivity index (χ2v) is 6.40. The van der Waals surface area contributed by atoms with Crippen molar-refractivity contribution in [2.75, 3.05) is 5.32 Å². The number of aliphatic hydroxyl groups excluding tert-OH is 1. The summed E-state index contributed by atoms with van der Waals surface area (Å²) in [6.07, 6.45) is -0.513. The summed E-state index contributed by atoms with van der Waals surface area (Å²) >= 11 is 0. The van der Waals surface area contributed by atoms with Crippen molar-refractivity contribution >= 4 is 33.3 Å². The number of para-hydroxylation sites is 1. The molecule has 1 atom stereocenters. The molecule has 0 spiro atoms. The van der Waals surface area contributed by atoms with Crippen molar-refractivity contribution in [2.24, 2.45) is 0 Å². The molecule has 4 heteroatoms. The molecule has 1 heterocycles. The topological polar surface area (TPSA) is 62.5 Å². The molecule has 1 amide bonds. The van der Waals surface area contributed by atoms with Crippen LogP contribution >= 0.6 is 0 Å². The average molecular weight is 345 g/mol. The summed E-state index contributed by atoms with van der Waals surface area (Å²) < 4.78 is 5.85. The van der Waals surface area contributed by atoms with Crippen LogP contribution in [0.25, 0.3) is 21.7 Å². The summed E-state index contributed by atoms with van der Waals surface area (Å²) in [5.74, 6) is 0.435. The molecule has 2 N–H and O–H groups in total. The van der Waals surface area contributed by atoms with Crippen molar-refractivity contribution in [2.45, 2.75) is 19.4 Å². The molecule has 1 unspecified atom stereocenters. The van der Waals surface area contributed by atoms with Crippen LogP contribution in [-0.4, -0.2) is 11.0 Å². The van der Waals surface area contributed by atoms with Gasteiger partial charge in [-0.3, -0.25) is 4.79 Å². The first-order valence-corrected chi connectivity index (χ1v) is 8.59. The molecular weight excluding hydrogens is 326 g/mol. The molecule has 0 aliphatic heterocycles. The zero-order valence-electron chi connectivity index (χ0n) is 14.4. The van der Waals surface area contributed by atoms with Gasteiger partial charge in [0.1, 0.15) is 11.3 Å². The van der Waals surface area contributed by atoms with Gasteiger partial charge in [0.25, 0.3) is 0 Å². The number of benzene rings is 3. The summed E-state index contributed by atoms with van der Waals surface area (Å²) in [6.45, 7) is 1.68.